The summed E-state index contributed by atoms with van der Waals surface area (Å²) < 4.78 is 36.2. The normalized spacial score (nSPS) is 23.0. The van der Waals surface area contributed by atoms with Crippen molar-refractivity contribution in [3.05, 3.63) is 69.7 Å². The average Bonchev–Trinajstić information content (AvgIpc) is 3.64. The molecule has 4 aromatic rings. The third kappa shape index (κ3) is 5.73. The lowest BCUT2D eigenvalue weighted by molar-refractivity contribution is 0.0719. The second-order valence-electron chi connectivity index (χ2n) is 14.8. The molecule has 11 nitrogen and oxygen atoms in total. The molecule has 1 aromatic carbocycles. The quantitative estimate of drug-likeness (QED) is 0.204. The number of hydrogen-bond acceptors (Lipinski definition) is 9. The van der Waals surface area contributed by atoms with Gasteiger partial charge in [-0.3, -0.25) is 4.68 Å². The number of ether oxygens (including phenoxy) is 1. The molecule has 3 atom stereocenters. The summed E-state index contributed by atoms with van der Waals surface area (Å²) in [6.45, 7) is 14.2. The van der Waals surface area contributed by atoms with Crippen LogP contribution in [0.15, 0.2) is 47.7 Å². The Labute approximate surface area is 300 Å². The molecule has 0 amide bonds. The Morgan fingerprint density at radius 3 is 2.60 bits per heavy atom. The number of anilines is 2. The molecule has 0 spiro atoms. The molecule has 0 N–H and O–H groups in total. The van der Waals surface area contributed by atoms with Crippen LogP contribution in [0.4, 0.5) is 11.6 Å². The van der Waals surface area contributed by atoms with E-state index in [1.165, 1.54) is 4.09 Å². The minimum Gasteiger partial charge on any atom is -0.381 e. The number of aromatic nitrogens is 6. The highest BCUT2D eigenvalue weighted by atomic mass is 35.5. The summed E-state index contributed by atoms with van der Waals surface area (Å²) in [5.74, 6) is 2.57. The van der Waals surface area contributed by atoms with Crippen LogP contribution in [0.5, 0.6) is 0 Å². The first-order valence-corrected chi connectivity index (χ1v) is 19.3. The van der Waals surface area contributed by atoms with E-state index in [9.17, 15) is 8.42 Å². The van der Waals surface area contributed by atoms with E-state index >= 15 is 0 Å². The minimum absolute atomic E-state index is 0.192. The highest BCUT2D eigenvalue weighted by molar-refractivity contribution is 7.91. The number of fused-ring (bicyclic) bond motifs is 2. The Bertz CT molecular complexity index is 2150. The van der Waals surface area contributed by atoms with Crippen LogP contribution in [0, 0.1) is 0 Å². The molecule has 266 valence electrons. The molecule has 0 saturated carbocycles. The number of rotatable bonds is 7. The van der Waals surface area contributed by atoms with Gasteiger partial charge in [-0.25, -0.2) is 18.4 Å². The highest BCUT2D eigenvalue weighted by Gasteiger charge is 2.42. The van der Waals surface area contributed by atoms with Crippen molar-refractivity contribution in [3.63, 3.8) is 0 Å². The van der Waals surface area contributed by atoms with E-state index in [4.69, 9.17) is 31.4 Å². The maximum absolute atomic E-state index is 14.3. The monoisotopic (exact) mass is 718 g/mol. The first kappa shape index (κ1) is 34.7. The van der Waals surface area contributed by atoms with Crippen molar-refractivity contribution in [2.24, 2.45) is 7.05 Å². The fourth-order valence-corrected chi connectivity index (χ4v) is 10.4. The van der Waals surface area contributed by atoms with Gasteiger partial charge in [0.2, 0.25) is 0 Å². The van der Waals surface area contributed by atoms with E-state index in [-0.39, 0.29) is 18.1 Å². The van der Waals surface area contributed by atoms with Gasteiger partial charge in [0.15, 0.2) is 5.82 Å². The van der Waals surface area contributed by atoms with Crippen molar-refractivity contribution in [2.75, 3.05) is 30.0 Å². The van der Waals surface area contributed by atoms with Crippen LogP contribution < -0.4 is 9.80 Å². The Morgan fingerprint density at radius 2 is 1.92 bits per heavy atom. The third-order valence-corrected chi connectivity index (χ3v) is 13.1. The molecule has 5 heterocycles. The number of methoxy groups -OCH3 is 1. The molecular weight excluding hydrogens is 672 g/mol. The van der Waals surface area contributed by atoms with Gasteiger partial charge < -0.3 is 14.5 Å². The molecule has 2 aliphatic heterocycles. The highest BCUT2D eigenvalue weighted by Crippen LogP contribution is 2.40. The van der Waals surface area contributed by atoms with Gasteiger partial charge in [0.25, 0.3) is 10.0 Å². The summed E-state index contributed by atoms with van der Waals surface area (Å²) in [5, 5.41) is 10.6. The molecule has 1 fully saturated rings. The number of aryl methyl sites for hydroxylation is 1. The Balaban J connectivity index is 1.33. The number of piperidine rings is 1. The summed E-state index contributed by atoms with van der Waals surface area (Å²) in [6, 6.07) is 5.84. The summed E-state index contributed by atoms with van der Waals surface area (Å²) in [7, 11) is -0.172. The summed E-state index contributed by atoms with van der Waals surface area (Å²) in [4.78, 5) is 15.2. The van der Waals surface area contributed by atoms with Crippen LogP contribution in [0.25, 0.3) is 22.3 Å². The molecule has 3 aromatic heterocycles. The Kier molecular flexibility index (Phi) is 8.88. The topological polar surface area (TPSA) is 111 Å². The predicted molar refractivity (Wildman–Crippen MR) is 200 cm³/mol. The van der Waals surface area contributed by atoms with E-state index in [1.54, 1.807) is 20.2 Å². The molecule has 0 radical (unpaired) electrons. The number of halogens is 1. The van der Waals surface area contributed by atoms with Crippen molar-refractivity contribution in [1.29, 1.82) is 0 Å². The lowest BCUT2D eigenvalue weighted by atomic mass is 9.92. The lowest BCUT2D eigenvalue weighted by Gasteiger charge is -2.40. The minimum atomic E-state index is -3.90. The van der Waals surface area contributed by atoms with Crippen LogP contribution in [-0.2, 0) is 34.8 Å². The molecule has 0 bridgehead atoms. The van der Waals surface area contributed by atoms with Gasteiger partial charge in [0, 0.05) is 62.8 Å². The van der Waals surface area contributed by atoms with Crippen molar-refractivity contribution in [1.82, 2.24) is 28.9 Å². The molecule has 1 saturated heterocycles. The van der Waals surface area contributed by atoms with Crippen molar-refractivity contribution in [2.45, 2.75) is 96.6 Å². The second kappa shape index (κ2) is 12.8. The van der Waals surface area contributed by atoms with Gasteiger partial charge in [-0.1, -0.05) is 60.9 Å². The van der Waals surface area contributed by atoms with Crippen molar-refractivity contribution in [3.8, 4) is 11.4 Å². The first-order chi connectivity index (χ1) is 23.7. The number of nitrogens with zero attached hydrogens (tertiary/aromatic N) is 8. The second-order valence-corrected chi connectivity index (χ2v) is 17.4. The van der Waals surface area contributed by atoms with E-state index < -0.39 is 14.8 Å². The van der Waals surface area contributed by atoms with Crippen LogP contribution in [0.3, 0.4) is 0 Å². The van der Waals surface area contributed by atoms with Gasteiger partial charge in [0.1, 0.15) is 21.4 Å². The fourth-order valence-electron chi connectivity index (χ4n) is 8.16. The van der Waals surface area contributed by atoms with Gasteiger partial charge in [-0.05, 0) is 58.9 Å². The van der Waals surface area contributed by atoms with Crippen LogP contribution in [0.2, 0.25) is 5.02 Å². The zero-order valence-electron chi connectivity index (χ0n) is 30.2. The zero-order valence-corrected chi connectivity index (χ0v) is 31.8. The fraction of sp³-hybridized carbons (Fsp3) is 0.514. The van der Waals surface area contributed by atoms with Gasteiger partial charge >= 0.3 is 0 Å². The molecule has 1 unspecified atom stereocenters. The van der Waals surface area contributed by atoms with E-state index in [0.29, 0.717) is 41.1 Å². The predicted octanol–water partition coefficient (Wildman–Crippen LogP) is 6.80. The third-order valence-electron chi connectivity index (χ3n) is 10.6. The largest absolute Gasteiger partial charge is 0.381 e. The van der Waals surface area contributed by atoms with Gasteiger partial charge in [-0.2, -0.15) is 14.3 Å². The van der Waals surface area contributed by atoms with Crippen LogP contribution >= 0.6 is 11.6 Å². The van der Waals surface area contributed by atoms with Crippen molar-refractivity contribution >= 4 is 44.2 Å². The smallest absolute Gasteiger partial charge is 0.263 e. The van der Waals surface area contributed by atoms with Crippen molar-refractivity contribution < 1.29 is 13.2 Å². The van der Waals surface area contributed by atoms with Gasteiger partial charge in [-0.15, -0.1) is 0 Å². The molecular formula is C37H47ClN8O3S. The SMILES string of the molecule is CO[C@@H]1CCN(c2nc(-c3cccc4c3cnn4S(=O)(=O)C3(C)C=C(C)C=C(C)C3)nc3c2CN(c2c(Cl)c(C(C)C)nn2C)CC3)[C@H](C)C1. The number of allylic oxidation sites excluding steroid dienone is 3. The molecule has 3 aliphatic rings. The first-order valence-electron chi connectivity index (χ1n) is 17.5. The van der Waals surface area contributed by atoms with Gasteiger partial charge in [0.05, 0.1) is 29.2 Å². The molecule has 50 heavy (non-hydrogen) atoms. The van der Waals surface area contributed by atoms with E-state index in [2.05, 4.69) is 35.7 Å². The van der Waals surface area contributed by atoms with E-state index in [0.717, 1.165) is 71.2 Å². The maximum atomic E-state index is 14.3. The Morgan fingerprint density at radius 1 is 1.14 bits per heavy atom. The molecule has 1 aliphatic carbocycles. The lowest BCUT2D eigenvalue weighted by Crippen LogP contribution is -2.45. The average molecular weight is 719 g/mol. The Hall–Kier alpha value is -3.74. The summed E-state index contributed by atoms with van der Waals surface area (Å²) >= 11 is 6.96. The van der Waals surface area contributed by atoms with Crippen LogP contribution in [-0.4, -0.2) is 74.4 Å². The summed E-state index contributed by atoms with van der Waals surface area (Å²) in [5.41, 5.74) is 6.17. The molecule has 7 rings (SSSR count). The number of hydrogen-bond donors (Lipinski definition) is 0. The van der Waals surface area contributed by atoms with E-state index in [1.807, 2.05) is 55.9 Å². The standard InChI is InChI=1S/C37H47ClN8O3S/c1-22(2)33-32(38)36(43(7)42-33)44-14-13-30-29(21-44)35(45-15-12-26(49-8)17-25(45)5)41-34(40-30)27-10-9-11-31-28(27)20-39-46(31)50(47,48)37(6)18-23(3)16-24(4)19-37/h9-11,16,18,20,22,25-26H,12-15,17,19,21H2,1-8H3/t25-,26-,37?/m1/s1. The molecule has 13 heteroatoms. The summed E-state index contributed by atoms with van der Waals surface area (Å²) in [6.07, 6.45) is 8.60. The maximum Gasteiger partial charge on any atom is 0.263 e. The van der Waals surface area contributed by atoms with Crippen LogP contribution in [0.1, 0.15) is 83.7 Å². The zero-order chi connectivity index (χ0) is 35.7. The number of benzene rings is 1.